The van der Waals surface area contributed by atoms with Gasteiger partial charge in [-0.2, -0.15) is 0 Å². The van der Waals surface area contributed by atoms with Gasteiger partial charge in [-0.25, -0.2) is 4.98 Å². The lowest BCUT2D eigenvalue weighted by Gasteiger charge is -2.29. The summed E-state index contributed by atoms with van der Waals surface area (Å²) in [5.41, 5.74) is 4.22. The molecule has 128 valence electrons. The first-order valence-electron chi connectivity index (χ1n) is 8.66. The number of ketones is 1. The third-order valence-corrected chi connectivity index (χ3v) is 4.41. The Kier molecular flexibility index (Phi) is 4.84. The summed E-state index contributed by atoms with van der Waals surface area (Å²) in [5, 5.41) is 3.41. The van der Waals surface area contributed by atoms with Crippen molar-refractivity contribution in [2.24, 2.45) is 5.41 Å². The normalized spacial score (nSPS) is 17.2. The summed E-state index contributed by atoms with van der Waals surface area (Å²) in [6.45, 7) is 6.28. The summed E-state index contributed by atoms with van der Waals surface area (Å²) in [7, 11) is 0. The Morgan fingerprint density at radius 3 is 2.56 bits per heavy atom. The van der Waals surface area contributed by atoms with E-state index in [1.54, 1.807) is 12.3 Å². The molecule has 1 N–H and O–H groups in total. The van der Waals surface area contributed by atoms with Gasteiger partial charge in [-0.05, 0) is 42.0 Å². The maximum absolute atomic E-state index is 12.0. The maximum atomic E-state index is 12.0. The van der Waals surface area contributed by atoms with Crippen molar-refractivity contribution in [3.05, 3.63) is 77.6 Å². The number of allylic oxidation sites excluding steroid dienone is 3. The highest BCUT2D eigenvalue weighted by molar-refractivity contribution is 5.93. The Balaban J connectivity index is 1.96. The number of pyridine rings is 1. The Labute approximate surface area is 149 Å². The Hall–Kier alpha value is -2.68. The molecule has 0 spiro atoms. The number of aromatic nitrogens is 1. The van der Waals surface area contributed by atoms with Crippen LogP contribution in [0.25, 0.3) is 5.57 Å². The van der Waals surface area contributed by atoms with Gasteiger partial charge in [0.25, 0.3) is 0 Å². The van der Waals surface area contributed by atoms with Crippen LogP contribution in [0.1, 0.15) is 44.7 Å². The van der Waals surface area contributed by atoms with Crippen LogP contribution in [0, 0.1) is 5.41 Å². The van der Waals surface area contributed by atoms with Gasteiger partial charge in [-0.3, -0.25) is 4.79 Å². The summed E-state index contributed by atoms with van der Waals surface area (Å²) >= 11 is 0. The molecule has 0 atom stereocenters. The minimum Gasteiger partial charge on any atom is -0.343 e. The van der Waals surface area contributed by atoms with E-state index >= 15 is 0 Å². The predicted molar refractivity (Wildman–Crippen MR) is 103 cm³/mol. The monoisotopic (exact) mass is 332 g/mol. The van der Waals surface area contributed by atoms with Crippen LogP contribution < -0.4 is 5.32 Å². The van der Waals surface area contributed by atoms with Crippen LogP contribution in [0.2, 0.25) is 0 Å². The predicted octanol–water partition coefficient (Wildman–Crippen LogP) is 5.22. The maximum Gasteiger partial charge on any atom is 0.157 e. The minimum atomic E-state index is -0.0219. The molecule has 1 aliphatic rings. The van der Waals surface area contributed by atoms with Crippen LogP contribution in [0.4, 0.5) is 5.82 Å². The fourth-order valence-corrected chi connectivity index (χ4v) is 3.40. The van der Waals surface area contributed by atoms with Gasteiger partial charge < -0.3 is 5.32 Å². The lowest BCUT2D eigenvalue weighted by atomic mass is 9.79. The first kappa shape index (κ1) is 17.2. The van der Waals surface area contributed by atoms with Gasteiger partial charge >= 0.3 is 0 Å². The van der Waals surface area contributed by atoms with Crippen molar-refractivity contribution in [2.75, 3.05) is 5.32 Å². The van der Waals surface area contributed by atoms with Crippen LogP contribution in [-0.2, 0) is 4.79 Å². The third-order valence-electron chi connectivity index (χ3n) is 4.41. The van der Waals surface area contributed by atoms with Crippen LogP contribution in [0.3, 0.4) is 0 Å². The number of carbonyl (C=O) groups is 1. The molecule has 1 aromatic heterocycles. The van der Waals surface area contributed by atoms with Crippen LogP contribution in [0.5, 0.6) is 0 Å². The Morgan fingerprint density at radius 2 is 1.88 bits per heavy atom. The molecule has 0 fully saturated rings. The number of benzene rings is 1. The summed E-state index contributed by atoms with van der Waals surface area (Å²) in [4.78, 5) is 16.6. The number of nitrogens with zero attached hydrogens (tertiary/aromatic N) is 1. The second-order valence-electron chi connectivity index (χ2n) is 7.25. The second-order valence-corrected chi connectivity index (χ2v) is 7.25. The van der Waals surface area contributed by atoms with Crippen LogP contribution in [0.15, 0.2) is 66.5 Å². The van der Waals surface area contributed by atoms with Crippen LogP contribution in [-0.4, -0.2) is 10.8 Å². The van der Waals surface area contributed by atoms with Gasteiger partial charge in [-0.15, -0.1) is 0 Å². The Bertz CT molecular complexity index is 832. The van der Waals surface area contributed by atoms with Crippen molar-refractivity contribution in [1.29, 1.82) is 0 Å². The average molecular weight is 332 g/mol. The van der Waals surface area contributed by atoms with Crippen molar-refractivity contribution < 1.29 is 4.79 Å². The lowest BCUT2D eigenvalue weighted by Crippen LogP contribution is -2.24. The molecule has 3 nitrogen and oxygen atoms in total. The van der Waals surface area contributed by atoms with E-state index in [2.05, 4.69) is 48.4 Å². The molecule has 3 rings (SSSR count). The highest BCUT2D eigenvalue weighted by atomic mass is 16.1. The van der Waals surface area contributed by atoms with Crippen LogP contribution >= 0.6 is 0 Å². The zero-order valence-corrected chi connectivity index (χ0v) is 15.0. The van der Waals surface area contributed by atoms with Gasteiger partial charge in [0, 0.05) is 30.0 Å². The summed E-state index contributed by atoms with van der Waals surface area (Å²) < 4.78 is 0. The molecule has 0 unspecified atom stereocenters. The number of anilines is 1. The average Bonchev–Trinajstić information content (AvgIpc) is 2.56. The van der Waals surface area contributed by atoms with Gasteiger partial charge in [0.15, 0.2) is 5.78 Å². The van der Waals surface area contributed by atoms with Crippen molar-refractivity contribution in [2.45, 2.75) is 33.6 Å². The zero-order chi connectivity index (χ0) is 17.9. The van der Waals surface area contributed by atoms with E-state index in [0.717, 1.165) is 34.6 Å². The molecular weight excluding hydrogens is 308 g/mol. The largest absolute Gasteiger partial charge is 0.343 e. The lowest BCUT2D eigenvalue weighted by molar-refractivity contribution is -0.117. The molecule has 3 heteroatoms. The van der Waals surface area contributed by atoms with Gasteiger partial charge in [-0.1, -0.05) is 50.3 Å². The molecule has 25 heavy (non-hydrogen) atoms. The molecule has 0 aliphatic heterocycles. The topological polar surface area (TPSA) is 42.0 Å². The van der Waals surface area contributed by atoms with E-state index in [0.29, 0.717) is 6.42 Å². The molecule has 1 aromatic carbocycles. The number of rotatable bonds is 4. The zero-order valence-electron chi connectivity index (χ0n) is 15.0. The van der Waals surface area contributed by atoms with E-state index in [1.807, 2.05) is 31.2 Å². The molecule has 0 bridgehead atoms. The minimum absolute atomic E-state index is 0.0219. The van der Waals surface area contributed by atoms with Crippen molar-refractivity contribution >= 4 is 17.2 Å². The summed E-state index contributed by atoms with van der Waals surface area (Å²) in [6.07, 6.45) is 7.03. The molecule has 1 heterocycles. The van der Waals surface area contributed by atoms with E-state index in [1.165, 1.54) is 0 Å². The van der Waals surface area contributed by atoms with E-state index < -0.39 is 0 Å². The fourth-order valence-electron chi connectivity index (χ4n) is 3.40. The molecule has 2 aromatic rings. The van der Waals surface area contributed by atoms with E-state index in [9.17, 15) is 4.79 Å². The second kappa shape index (κ2) is 7.06. The first-order valence-corrected chi connectivity index (χ1v) is 8.66. The standard InChI is InChI=1S/C22H24N2O/c1-4-19(16-9-6-5-7-10-16)20-11-8-12-23-21(20)24-17-13-18(25)15-22(2,3)14-17/h4-13H,14-15H2,1-3H3,(H,23,24)/b19-4+. The smallest absolute Gasteiger partial charge is 0.157 e. The van der Waals surface area contributed by atoms with E-state index in [4.69, 9.17) is 0 Å². The SMILES string of the molecule is C/C=C(\c1ccccc1)c1cccnc1NC1=CC(=O)CC(C)(C)C1. The quantitative estimate of drug-likeness (QED) is 0.835. The molecule has 0 amide bonds. The highest BCUT2D eigenvalue weighted by Crippen LogP contribution is 2.35. The number of hydrogen-bond acceptors (Lipinski definition) is 3. The summed E-state index contributed by atoms with van der Waals surface area (Å²) in [6, 6.07) is 14.3. The Morgan fingerprint density at radius 1 is 1.12 bits per heavy atom. The van der Waals surface area contributed by atoms with Gasteiger partial charge in [0.05, 0.1) is 0 Å². The molecule has 0 saturated carbocycles. The first-order chi connectivity index (χ1) is 12.0. The number of carbonyl (C=O) groups excluding carboxylic acids is 1. The molecule has 1 aliphatic carbocycles. The number of hydrogen-bond donors (Lipinski definition) is 1. The van der Waals surface area contributed by atoms with Gasteiger partial charge in [0.1, 0.15) is 5.82 Å². The molecule has 0 saturated heterocycles. The molecular formula is C22H24N2O. The third kappa shape index (κ3) is 4.05. The van der Waals surface area contributed by atoms with Gasteiger partial charge in [0.2, 0.25) is 0 Å². The fraction of sp³-hybridized carbons (Fsp3) is 0.273. The van der Waals surface area contributed by atoms with E-state index in [-0.39, 0.29) is 11.2 Å². The van der Waals surface area contributed by atoms with Crippen molar-refractivity contribution in [3.63, 3.8) is 0 Å². The van der Waals surface area contributed by atoms with Crippen molar-refractivity contribution in [3.8, 4) is 0 Å². The number of nitrogens with one attached hydrogen (secondary N) is 1. The molecule has 0 radical (unpaired) electrons. The summed E-state index contributed by atoms with van der Waals surface area (Å²) in [5.74, 6) is 0.960. The highest BCUT2D eigenvalue weighted by Gasteiger charge is 2.28. The van der Waals surface area contributed by atoms with Crippen molar-refractivity contribution in [1.82, 2.24) is 4.98 Å².